The molecule has 164 valence electrons. The van der Waals surface area contributed by atoms with Gasteiger partial charge < -0.3 is 5.32 Å². The molecule has 2 aliphatic rings. The van der Waals surface area contributed by atoms with Crippen LogP contribution in [0, 0.1) is 26.9 Å². The summed E-state index contributed by atoms with van der Waals surface area (Å²) in [6, 6.07) is 14.8. The van der Waals surface area contributed by atoms with Crippen LogP contribution < -0.4 is 5.32 Å². The van der Waals surface area contributed by atoms with E-state index in [0.29, 0.717) is 41.3 Å². The lowest BCUT2D eigenvalue weighted by Gasteiger charge is -2.38. The van der Waals surface area contributed by atoms with Crippen LogP contribution in [-0.2, 0) is 4.79 Å². The smallest absolute Gasteiger partial charge is 0.270 e. The predicted octanol–water partition coefficient (Wildman–Crippen LogP) is 4.38. The molecule has 2 aromatic carbocycles. The van der Waals surface area contributed by atoms with Crippen molar-refractivity contribution < 1.29 is 9.72 Å². The van der Waals surface area contributed by atoms with Crippen LogP contribution in [0.1, 0.15) is 43.9 Å². The lowest BCUT2D eigenvalue weighted by atomic mass is 9.73. The van der Waals surface area contributed by atoms with Crippen molar-refractivity contribution >= 4 is 17.4 Å². The minimum Gasteiger partial charge on any atom is -0.328 e. The fraction of sp³-hybridized carbons (Fsp3) is 0.250. The molecule has 1 unspecified atom stereocenters. The van der Waals surface area contributed by atoms with Gasteiger partial charge in [0.05, 0.1) is 16.6 Å². The second kappa shape index (κ2) is 7.38. The van der Waals surface area contributed by atoms with Gasteiger partial charge in [0.1, 0.15) is 6.04 Å². The maximum absolute atomic E-state index is 13.3. The molecule has 0 radical (unpaired) electrons. The summed E-state index contributed by atoms with van der Waals surface area (Å²) in [4.78, 5) is 28.6. The number of non-ortho nitro benzene ring substituents is 1. The van der Waals surface area contributed by atoms with E-state index in [4.69, 9.17) is 0 Å². The van der Waals surface area contributed by atoms with Crippen LogP contribution in [0.2, 0.25) is 0 Å². The Bertz CT molecular complexity index is 1380. The van der Waals surface area contributed by atoms with Gasteiger partial charge in [0.25, 0.3) is 5.69 Å². The molecular weight excluding hydrogens is 420 g/mol. The van der Waals surface area contributed by atoms with Crippen LogP contribution in [-0.4, -0.2) is 25.5 Å². The van der Waals surface area contributed by atoms with Crippen molar-refractivity contribution in [2.45, 2.75) is 32.7 Å². The first-order valence-corrected chi connectivity index (χ1v) is 10.5. The number of aromatic nitrogens is 3. The van der Waals surface area contributed by atoms with E-state index in [0.717, 1.165) is 11.3 Å². The van der Waals surface area contributed by atoms with Gasteiger partial charge in [-0.1, -0.05) is 38.1 Å². The number of fused-ring (bicyclic) bond motifs is 1. The van der Waals surface area contributed by atoms with E-state index in [2.05, 4.69) is 35.3 Å². The number of hydrogen-bond donors (Lipinski definition) is 1. The van der Waals surface area contributed by atoms with Crippen LogP contribution in [0.25, 0.3) is 11.4 Å². The number of carbonyl (C=O) groups is 1. The van der Waals surface area contributed by atoms with E-state index in [-0.39, 0.29) is 16.9 Å². The molecule has 1 aliphatic heterocycles. The van der Waals surface area contributed by atoms with Gasteiger partial charge in [0.15, 0.2) is 11.6 Å². The van der Waals surface area contributed by atoms with Gasteiger partial charge in [-0.2, -0.15) is 10.2 Å². The average Bonchev–Trinajstić information content (AvgIpc) is 3.21. The van der Waals surface area contributed by atoms with Crippen LogP contribution >= 0.6 is 0 Å². The number of allylic oxidation sites excluding steroid dienone is 2. The Kier molecular flexibility index (Phi) is 4.60. The lowest BCUT2D eigenvalue weighted by Crippen LogP contribution is -2.36. The van der Waals surface area contributed by atoms with E-state index in [1.165, 1.54) is 12.1 Å². The molecule has 33 heavy (non-hydrogen) atoms. The summed E-state index contributed by atoms with van der Waals surface area (Å²) >= 11 is 0. The third kappa shape index (κ3) is 3.55. The first-order chi connectivity index (χ1) is 15.8. The molecule has 1 aromatic heterocycles. The topological polar surface area (TPSA) is 127 Å². The Hall–Kier alpha value is -4.32. The number of nitrogens with one attached hydrogen (secondary N) is 1. The Balaban J connectivity index is 1.66. The van der Waals surface area contributed by atoms with Crippen LogP contribution in [0.5, 0.6) is 0 Å². The van der Waals surface area contributed by atoms with E-state index in [9.17, 15) is 20.2 Å². The third-order valence-electron chi connectivity index (χ3n) is 6.00. The second-order valence-electron chi connectivity index (χ2n) is 9.11. The molecule has 5 rings (SSSR count). The minimum absolute atomic E-state index is 0.0427. The first kappa shape index (κ1) is 20.6. The van der Waals surface area contributed by atoms with E-state index >= 15 is 0 Å². The molecule has 0 saturated carbocycles. The van der Waals surface area contributed by atoms with Gasteiger partial charge in [0, 0.05) is 35.4 Å². The summed E-state index contributed by atoms with van der Waals surface area (Å²) in [5, 5.41) is 28.3. The maximum atomic E-state index is 13.3. The molecule has 0 fully saturated rings. The highest BCUT2D eigenvalue weighted by molar-refractivity contribution is 6.00. The highest BCUT2D eigenvalue weighted by Crippen LogP contribution is 2.45. The van der Waals surface area contributed by atoms with Gasteiger partial charge >= 0.3 is 0 Å². The number of benzene rings is 2. The Labute approximate surface area is 189 Å². The molecule has 3 aromatic rings. The fourth-order valence-electron chi connectivity index (χ4n) is 4.54. The van der Waals surface area contributed by atoms with Gasteiger partial charge in [0.2, 0.25) is 5.95 Å². The van der Waals surface area contributed by atoms with Crippen molar-refractivity contribution in [3.05, 3.63) is 81.0 Å². The number of nitriles is 1. The van der Waals surface area contributed by atoms with Gasteiger partial charge in [-0.15, -0.1) is 5.10 Å². The predicted molar refractivity (Wildman–Crippen MR) is 120 cm³/mol. The minimum atomic E-state index is -0.507. The zero-order chi connectivity index (χ0) is 23.3. The molecule has 1 N–H and O–H groups in total. The number of ketones is 1. The molecule has 0 bridgehead atoms. The van der Waals surface area contributed by atoms with Crippen molar-refractivity contribution in [1.29, 1.82) is 5.26 Å². The summed E-state index contributed by atoms with van der Waals surface area (Å²) in [6.07, 6.45) is 1.10. The number of rotatable bonds is 3. The molecule has 0 amide bonds. The van der Waals surface area contributed by atoms with Crippen LogP contribution in [0.15, 0.2) is 59.8 Å². The summed E-state index contributed by atoms with van der Waals surface area (Å²) in [7, 11) is 0. The fourth-order valence-corrected chi connectivity index (χ4v) is 4.54. The van der Waals surface area contributed by atoms with Gasteiger partial charge in [-0.3, -0.25) is 14.9 Å². The zero-order valence-electron chi connectivity index (χ0n) is 18.1. The largest absolute Gasteiger partial charge is 0.328 e. The molecule has 0 spiro atoms. The molecule has 1 atom stereocenters. The molecule has 9 nitrogen and oxygen atoms in total. The van der Waals surface area contributed by atoms with Crippen LogP contribution in [0.3, 0.4) is 0 Å². The molecule has 9 heteroatoms. The number of nitro groups is 1. The van der Waals surface area contributed by atoms with Gasteiger partial charge in [-0.25, -0.2) is 4.68 Å². The number of nitro benzene ring substituents is 1. The molecule has 0 saturated heterocycles. The van der Waals surface area contributed by atoms with Crippen molar-refractivity contribution in [3.8, 4) is 17.5 Å². The van der Waals surface area contributed by atoms with Crippen molar-refractivity contribution in [2.75, 3.05) is 5.32 Å². The summed E-state index contributed by atoms with van der Waals surface area (Å²) in [5.41, 5.74) is 3.06. The number of hydrogen-bond acceptors (Lipinski definition) is 7. The number of Topliss-reactive ketones (excluding diaryl/α,β-unsaturated/α-hetero) is 1. The Morgan fingerprint density at radius 1 is 1.21 bits per heavy atom. The number of anilines is 1. The van der Waals surface area contributed by atoms with E-state index < -0.39 is 11.0 Å². The summed E-state index contributed by atoms with van der Waals surface area (Å²) in [5.74, 6) is 0.836. The monoisotopic (exact) mass is 440 g/mol. The van der Waals surface area contributed by atoms with Crippen molar-refractivity contribution in [3.63, 3.8) is 0 Å². The summed E-state index contributed by atoms with van der Waals surface area (Å²) < 4.78 is 1.66. The zero-order valence-corrected chi connectivity index (χ0v) is 18.1. The van der Waals surface area contributed by atoms with Crippen molar-refractivity contribution in [2.24, 2.45) is 5.41 Å². The molecule has 1 aliphatic carbocycles. The summed E-state index contributed by atoms with van der Waals surface area (Å²) in [6.45, 7) is 4.11. The number of carbonyl (C=O) groups excluding carboxylic acids is 1. The quantitative estimate of drug-likeness (QED) is 0.473. The SMILES string of the molecule is CC1(C)CC(=O)C2=C(C1)Nc1nc(-c3cccc([N+](=O)[O-])c3)nn1C2c1ccc(C#N)cc1. The molecular formula is C24H20N6O3. The standard InChI is InChI=1S/C24H20N6O3/c1-24(2)11-18-20(19(31)12-24)21(15-8-6-14(13-25)7-9-15)29-23(26-18)27-22(28-29)16-4-3-5-17(10-16)30(32)33/h3-10,21H,11-12H2,1-2H3,(H,26,27,28). The van der Waals surface area contributed by atoms with Crippen LogP contribution in [0.4, 0.5) is 11.6 Å². The average molecular weight is 440 g/mol. The number of nitrogens with zero attached hydrogens (tertiary/aromatic N) is 5. The van der Waals surface area contributed by atoms with E-state index in [1.807, 2.05) is 12.1 Å². The Morgan fingerprint density at radius 2 is 1.97 bits per heavy atom. The Morgan fingerprint density at radius 3 is 2.67 bits per heavy atom. The molecule has 2 heterocycles. The maximum Gasteiger partial charge on any atom is 0.270 e. The normalized spacial score (nSPS) is 18.7. The highest BCUT2D eigenvalue weighted by Gasteiger charge is 2.41. The first-order valence-electron chi connectivity index (χ1n) is 10.5. The second-order valence-corrected chi connectivity index (χ2v) is 9.11. The highest BCUT2D eigenvalue weighted by atomic mass is 16.6. The lowest BCUT2D eigenvalue weighted by molar-refractivity contribution is -0.384. The van der Waals surface area contributed by atoms with Crippen molar-refractivity contribution in [1.82, 2.24) is 14.8 Å². The van der Waals surface area contributed by atoms with Gasteiger partial charge in [-0.05, 0) is 29.5 Å². The third-order valence-corrected chi connectivity index (χ3v) is 6.00. The van der Waals surface area contributed by atoms with E-state index in [1.54, 1.807) is 28.9 Å².